The van der Waals surface area contributed by atoms with Crippen LogP contribution in [-0.4, -0.2) is 37.5 Å². The Balaban J connectivity index is 3.74. The van der Waals surface area contributed by atoms with Crippen LogP contribution in [0.5, 0.6) is 0 Å². The first kappa shape index (κ1) is 24.4. The van der Waals surface area contributed by atoms with E-state index in [1.54, 1.807) is 4.90 Å². The zero-order valence-electron chi connectivity index (χ0n) is 17.3. The molecule has 1 atom stereocenters. The summed E-state index contributed by atoms with van der Waals surface area (Å²) in [6.07, 6.45) is 18.1. The highest BCUT2D eigenvalue weighted by Crippen LogP contribution is 2.10. The van der Waals surface area contributed by atoms with Crippen molar-refractivity contribution < 1.29 is 14.3 Å². The summed E-state index contributed by atoms with van der Waals surface area (Å²) in [7, 11) is 3.26. The summed E-state index contributed by atoms with van der Waals surface area (Å²) in [5.74, 6) is 0.635. The molecule has 0 aromatic heterocycles. The van der Waals surface area contributed by atoms with E-state index < -0.39 is 0 Å². The van der Waals surface area contributed by atoms with Gasteiger partial charge in [-0.3, -0.25) is 9.59 Å². The van der Waals surface area contributed by atoms with Crippen LogP contribution in [0.2, 0.25) is 0 Å². The predicted octanol–water partition coefficient (Wildman–Crippen LogP) is 5.29. The number of unbranched alkanes of at least 4 members (excludes halogenated alkanes) is 4. The number of amides is 1. The monoisotopic (exact) mass is 365 g/mol. The van der Waals surface area contributed by atoms with Crippen molar-refractivity contribution in [3.05, 3.63) is 24.3 Å². The molecule has 0 aliphatic heterocycles. The smallest absolute Gasteiger partial charge is 0.305 e. The molecule has 0 bridgehead atoms. The van der Waals surface area contributed by atoms with E-state index in [4.69, 9.17) is 0 Å². The molecule has 0 saturated heterocycles. The van der Waals surface area contributed by atoms with Crippen molar-refractivity contribution >= 4 is 11.9 Å². The third-order valence-corrected chi connectivity index (χ3v) is 4.51. The average molecular weight is 366 g/mol. The number of nitrogens with zero attached hydrogens (tertiary/aromatic N) is 1. The third kappa shape index (κ3) is 14.7. The largest absolute Gasteiger partial charge is 0.469 e. The summed E-state index contributed by atoms with van der Waals surface area (Å²) in [5.41, 5.74) is 0. The van der Waals surface area contributed by atoms with Crippen molar-refractivity contribution in [1.29, 1.82) is 0 Å². The van der Waals surface area contributed by atoms with Gasteiger partial charge in [-0.2, -0.15) is 0 Å². The second-order valence-corrected chi connectivity index (χ2v) is 7.03. The number of rotatable bonds is 15. The van der Waals surface area contributed by atoms with E-state index in [0.29, 0.717) is 18.8 Å². The Kier molecular flexibility index (Phi) is 15.8. The van der Waals surface area contributed by atoms with Gasteiger partial charge in [-0.25, -0.2) is 0 Å². The van der Waals surface area contributed by atoms with Crippen LogP contribution in [0.1, 0.15) is 78.1 Å². The first-order valence-corrected chi connectivity index (χ1v) is 10.1. The fourth-order valence-electron chi connectivity index (χ4n) is 2.65. The molecule has 0 aromatic rings. The van der Waals surface area contributed by atoms with Gasteiger partial charge in [0, 0.05) is 26.4 Å². The topological polar surface area (TPSA) is 46.6 Å². The summed E-state index contributed by atoms with van der Waals surface area (Å²) in [6.45, 7) is 5.24. The van der Waals surface area contributed by atoms with Gasteiger partial charge < -0.3 is 9.64 Å². The van der Waals surface area contributed by atoms with Gasteiger partial charge in [0.15, 0.2) is 0 Å². The van der Waals surface area contributed by atoms with E-state index in [1.165, 1.54) is 32.8 Å². The lowest BCUT2D eigenvalue weighted by atomic mass is 10.0. The molecule has 0 N–H and O–H groups in total. The number of hydrogen-bond donors (Lipinski definition) is 0. The molecule has 0 radical (unpaired) electrons. The molecule has 1 unspecified atom stereocenters. The zero-order chi connectivity index (χ0) is 19.6. The molecular formula is C22H39NO3. The number of carbonyl (C=O) groups excluding carboxylic acids is 2. The number of carbonyl (C=O) groups is 2. The summed E-state index contributed by atoms with van der Waals surface area (Å²) >= 11 is 0. The van der Waals surface area contributed by atoms with Gasteiger partial charge in [0.1, 0.15) is 0 Å². The molecule has 0 spiro atoms. The van der Waals surface area contributed by atoms with Crippen molar-refractivity contribution in [3.63, 3.8) is 0 Å². The van der Waals surface area contributed by atoms with Crippen molar-refractivity contribution in [2.24, 2.45) is 5.92 Å². The van der Waals surface area contributed by atoms with Crippen LogP contribution in [0.15, 0.2) is 24.3 Å². The van der Waals surface area contributed by atoms with E-state index in [1.807, 2.05) is 7.05 Å². The molecule has 0 heterocycles. The minimum Gasteiger partial charge on any atom is -0.469 e. The van der Waals surface area contributed by atoms with E-state index in [9.17, 15) is 9.59 Å². The molecule has 0 aliphatic carbocycles. The highest BCUT2D eigenvalue weighted by Gasteiger charge is 2.07. The molecule has 0 aromatic carbocycles. The third-order valence-electron chi connectivity index (χ3n) is 4.51. The van der Waals surface area contributed by atoms with Crippen LogP contribution in [0.4, 0.5) is 0 Å². The van der Waals surface area contributed by atoms with E-state index in [0.717, 1.165) is 32.2 Å². The Hall–Kier alpha value is -1.58. The molecule has 26 heavy (non-hydrogen) atoms. The highest BCUT2D eigenvalue weighted by molar-refractivity contribution is 5.75. The predicted molar refractivity (Wildman–Crippen MR) is 109 cm³/mol. The second kappa shape index (κ2) is 16.9. The number of hydrogen-bond acceptors (Lipinski definition) is 3. The number of methoxy groups -OCH3 is 1. The fourth-order valence-corrected chi connectivity index (χ4v) is 2.65. The molecule has 150 valence electrons. The van der Waals surface area contributed by atoms with Crippen molar-refractivity contribution in [2.45, 2.75) is 78.1 Å². The Morgan fingerprint density at radius 2 is 1.77 bits per heavy atom. The van der Waals surface area contributed by atoms with Crippen LogP contribution < -0.4 is 0 Å². The van der Waals surface area contributed by atoms with Gasteiger partial charge in [0.05, 0.1) is 7.11 Å². The first-order valence-electron chi connectivity index (χ1n) is 10.1. The number of allylic oxidation sites excluding steroid dienone is 3. The number of esters is 1. The molecule has 0 aliphatic rings. The van der Waals surface area contributed by atoms with E-state index >= 15 is 0 Å². The molecular weight excluding hydrogens is 326 g/mol. The molecule has 4 heteroatoms. The minimum absolute atomic E-state index is 0.176. The maximum Gasteiger partial charge on any atom is 0.305 e. The zero-order valence-corrected chi connectivity index (χ0v) is 17.3. The maximum absolute atomic E-state index is 12.0. The van der Waals surface area contributed by atoms with Crippen LogP contribution >= 0.6 is 0 Å². The molecule has 0 fully saturated rings. The van der Waals surface area contributed by atoms with Crippen molar-refractivity contribution in [3.8, 4) is 0 Å². The lowest BCUT2D eigenvalue weighted by Crippen LogP contribution is -2.27. The van der Waals surface area contributed by atoms with Crippen LogP contribution in [0.3, 0.4) is 0 Å². The quantitative estimate of drug-likeness (QED) is 0.225. The summed E-state index contributed by atoms with van der Waals surface area (Å²) in [5, 5.41) is 0. The summed E-state index contributed by atoms with van der Waals surface area (Å²) in [6, 6.07) is 0. The van der Waals surface area contributed by atoms with Gasteiger partial charge in [0.2, 0.25) is 5.91 Å². The highest BCUT2D eigenvalue weighted by atomic mass is 16.5. The standard InChI is InChI=1S/C22H39NO3/c1-5-6-10-15-20(2)16-11-7-8-14-19-23(3)21(24)17-12-9-13-18-22(25)26-4/h7-8,11,16,20H,5-6,9-10,12-15,17-19H2,1-4H3/b8-7+,16-11+. The van der Waals surface area contributed by atoms with Gasteiger partial charge in [-0.1, -0.05) is 63.8 Å². The van der Waals surface area contributed by atoms with Gasteiger partial charge in [-0.15, -0.1) is 0 Å². The summed E-state index contributed by atoms with van der Waals surface area (Å²) in [4.78, 5) is 24.8. The molecule has 4 nitrogen and oxygen atoms in total. The van der Waals surface area contributed by atoms with Crippen molar-refractivity contribution in [1.82, 2.24) is 4.90 Å². The normalized spacial score (nSPS) is 12.6. The van der Waals surface area contributed by atoms with Gasteiger partial charge >= 0.3 is 5.97 Å². The lowest BCUT2D eigenvalue weighted by Gasteiger charge is -2.15. The van der Waals surface area contributed by atoms with E-state index in [2.05, 4.69) is 42.9 Å². The maximum atomic E-state index is 12.0. The Bertz CT molecular complexity index is 429. The van der Waals surface area contributed by atoms with Crippen LogP contribution in [-0.2, 0) is 14.3 Å². The number of ether oxygens (including phenoxy) is 1. The second-order valence-electron chi connectivity index (χ2n) is 7.03. The molecule has 1 amide bonds. The Labute approximate surface area is 160 Å². The van der Waals surface area contributed by atoms with Crippen LogP contribution in [0, 0.1) is 5.92 Å². The molecule has 0 saturated carbocycles. The van der Waals surface area contributed by atoms with E-state index in [-0.39, 0.29) is 11.9 Å². The lowest BCUT2D eigenvalue weighted by molar-refractivity contribution is -0.140. The van der Waals surface area contributed by atoms with Gasteiger partial charge in [-0.05, 0) is 31.6 Å². The Morgan fingerprint density at radius 3 is 2.46 bits per heavy atom. The minimum atomic E-state index is -0.176. The Morgan fingerprint density at radius 1 is 1.04 bits per heavy atom. The average Bonchev–Trinajstić information content (AvgIpc) is 2.63. The molecule has 0 rings (SSSR count). The van der Waals surface area contributed by atoms with Crippen LogP contribution in [0.25, 0.3) is 0 Å². The summed E-state index contributed by atoms with van der Waals surface area (Å²) < 4.78 is 4.60. The first-order chi connectivity index (χ1) is 12.5. The van der Waals surface area contributed by atoms with Gasteiger partial charge in [0.25, 0.3) is 0 Å². The van der Waals surface area contributed by atoms with Crippen molar-refractivity contribution in [2.75, 3.05) is 20.7 Å². The SMILES string of the molecule is CCCCCC(C)/C=C/C=C/CCN(C)C(=O)CCCCCC(=O)OC. The fraction of sp³-hybridized carbons (Fsp3) is 0.727.